The summed E-state index contributed by atoms with van der Waals surface area (Å²) in [6.45, 7) is 5.66. The molecule has 13 heteroatoms. The van der Waals surface area contributed by atoms with E-state index in [1.165, 1.54) is 30.6 Å². The normalized spacial score (nSPS) is 23.5. The Balaban J connectivity index is 1.21. The Morgan fingerprint density at radius 2 is 1.77 bits per heavy atom. The van der Waals surface area contributed by atoms with E-state index in [1.54, 1.807) is 12.1 Å². The van der Waals surface area contributed by atoms with Crippen molar-refractivity contribution in [2.45, 2.75) is 70.4 Å². The molecule has 3 aromatic rings. The van der Waals surface area contributed by atoms with Crippen molar-refractivity contribution >= 4 is 44.2 Å². The monoisotopic (exact) mass is 614 g/mol. The number of aromatic nitrogens is 1. The van der Waals surface area contributed by atoms with Crippen LogP contribution < -0.4 is 29.7 Å². The number of morpholine rings is 1. The van der Waals surface area contributed by atoms with Crippen molar-refractivity contribution in [1.29, 1.82) is 0 Å². The van der Waals surface area contributed by atoms with E-state index < -0.39 is 18.1 Å². The molecule has 43 heavy (non-hydrogen) atoms. The summed E-state index contributed by atoms with van der Waals surface area (Å²) in [7, 11) is 1.46. The van der Waals surface area contributed by atoms with E-state index in [1.807, 2.05) is 0 Å². The average molecular weight is 615 g/mol. The highest BCUT2D eigenvalue weighted by atomic mass is 32.1. The van der Waals surface area contributed by atoms with Crippen LogP contribution in [0, 0.1) is 5.41 Å². The predicted octanol–water partition coefficient (Wildman–Crippen LogP) is 5.55. The highest BCUT2D eigenvalue weighted by Gasteiger charge is 2.45. The van der Waals surface area contributed by atoms with Gasteiger partial charge in [0.05, 0.1) is 53.9 Å². The number of alkyl halides is 2. The summed E-state index contributed by atoms with van der Waals surface area (Å²) in [6.07, 6.45) is 0.630. The van der Waals surface area contributed by atoms with Crippen molar-refractivity contribution in [1.82, 2.24) is 10.3 Å². The molecule has 4 heterocycles. The van der Waals surface area contributed by atoms with Crippen molar-refractivity contribution < 1.29 is 37.3 Å². The predicted molar refractivity (Wildman–Crippen MR) is 156 cm³/mol. The molecule has 1 aliphatic carbocycles. The smallest absolute Gasteiger partial charge is 0.496 e. The lowest BCUT2D eigenvalue weighted by atomic mass is 9.75. The SMILES string of the molecule is COc1ccc2nc(N3C4COCC3C4)sc2c1C(=O)Nc1cc2c(cc1C(=O)NC1CCC(C)(C)CC1)OC(F)(F)O2. The Morgan fingerprint density at radius 1 is 1.07 bits per heavy atom. The van der Waals surface area contributed by atoms with Gasteiger partial charge in [-0.05, 0) is 55.7 Å². The van der Waals surface area contributed by atoms with Gasteiger partial charge < -0.3 is 34.5 Å². The average Bonchev–Trinajstić information content (AvgIpc) is 3.51. The van der Waals surface area contributed by atoms with Crippen molar-refractivity contribution in [3.63, 3.8) is 0 Å². The second-order valence-corrected chi connectivity index (χ2v) is 13.3. The highest BCUT2D eigenvalue weighted by molar-refractivity contribution is 7.22. The molecule has 10 nitrogen and oxygen atoms in total. The fourth-order valence-electron chi connectivity index (χ4n) is 6.39. The molecule has 2 atom stereocenters. The third-order valence-corrected chi connectivity index (χ3v) is 9.94. The number of amides is 2. The van der Waals surface area contributed by atoms with E-state index in [9.17, 15) is 18.4 Å². The first-order valence-corrected chi connectivity index (χ1v) is 15.2. The molecule has 2 N–H and O–H groups in total. The topological polar surface area (TPSA) is 111 Å². The maximum atomic E-state index is 14.0. The second kappa shape index (κ2) is 10.2. The lowest BCUT2D eigenvalue weighted by Crippen LogP contribution is -2.64. The molecule has 228 valence electrons. The Hall–Kier alpha value is -3.71. The van der Waals surface area contributed by atoms with Gasteiger partial charge in [0.25, 0.3) is 11.8 Å². The quantitative estimate of drug-likeness (QED) is 0.372. The van der Waals surface area contributed by atoms with Crippen LogP contribution in [0.3, 0.4) is 0 Å². The number of rotatable bonds is 6. The molecule has 2 saturated heterocycles. The highest BCUT2D eigenvalue weighted by Crippen LogP contribution is 2.46. The maximum absolute atomic E-state index is 14.0. The van der Waals surface area contributed by atoms with E-state index in [-0.39, 0.29) is 51.9 Å². The van der Waals surface area contributed by atoms with Crippen LogP contribution in [0.4, 0.5) is 19.6 Å². The molecule has 1 aromatic heterocycles. The zero-order valence-corrected chi connectivity index (χ0v) is 24.8. The molecule has 3 aliphatic heterocycles. The number of hydrogen-bond acceptors (Lipinski definition) is 9. The molecule has 2 aromatic carbocycles. The number of carbonyl (C=O) groups excluding carboxylic acids is 2. The molecular weight excluding hydrogens is 582 g/mol. The lowest BCUT2D eigenvalue weighted by Gasteiger charge is -2.52. The van der Waals surface area contributed by atoms with Gasteiger partial charge in [-0.1, -0.05) is 25.2 Å². The number of anilines is 2. The number of benzene rings is 2. The van der Waals surface area contributed by atoms with Gasteiger partial charge >= 0.3 is 6.29 Å². The van der Waals surface area contributed by atoms with Crippen molar-refractivity contribution in [2.24, 2.45) is 5.41 Å². The van der Waals surface area contributed by atoms with Crippen molar-refractivity contribution in [2.75, 3.05) is 30.5 Å². The van der Waals surface area contributed by atoms with Crippen LogP contribution in [0.5, 0.6) is 17.2 Å². The van der Waals surface area contributed by atoms with E-state index >= 15 is 0 Å². The van der Waals surface area contributed by atoms with Crippen molar-refractivity contribution in [3.8, 4) is 17.2 Å². The van der Waals surface area contributed by atoms with Gasteiger partial charge in [0.1, 0.15) is 11.3 Å². The molecule has 2 amide bonds. The fourth-order valence-corrected chi connectivity index (χ4v) is 7.63. The first-order chi connectivity index (χ1) is 20.5. The molecule has 3 fully saturated rings. The van der Waals surface area contributed by atoms with Crippen LogP contribution in [-0.4, -0.2) is 61.5 Å². The fraction of sp³-hybridized carbons (Fsp3) is 0.500. The molecule has 0 spiro atoms. The van der Waals surface area contributed by atoms with Crippen LogP contribution in [-0.2, 0) is 4.74 Å². The van der Waals surface area contributed by atoms with Gasteiger partial charge in [-0.2, -0.15) is 0 Å². The molecule has 2 bridgehead atoms. The Labute approximate surface area is 250 Å². The maximum Gasteiger partial charge on any atom is 0.586 e. The number of nitrogens with one attached hydrogen (secondary N) is 2. The third kappa shape index (κ3) is 5.12. The molecule has 2 unspecified atom stereocenters. The Morgan fingerprint density at radius 3 is 2.44 bits per heavy atom. The molecule has 1 saturated carbocycles. The molecule has 0 radical (unpaired) electrons. The van der Waals surface area contributed by atoms with Gasteiger partial charge in [-0.25, -0.2) is 4.98 Å². The number of nitrogens with zero attached hydrogens (tertiary/aromatic N) is 2. The number of thiazole rings is 1. The summed E-state index contributed by atoms with van der Waals surface area (Å²) >= 11 is 1.38. The summed E-state index contributed by atoms with van der Waals surface area (Å²) in [5, 5.41) is 6.58. The summed E-state index contributed by atoms with van der Waals surface area (Å²) in [5.74, 6) is -1.33. The van der Waals surface area contributed by atoms with Crippen LogP contribution in [0.1, 0.15) is 66.7 Å². The van der Waals surface area contributed by atoms with E-state index in [0.29, 0.717) is 29.2 Å². The number of fused-ring (bicyclic) bond motifs is 4. The number of hydrogen-bond donors (Lipinski definition) is 2. The van der Waals surface area contributed by atoms with Crippen molar-refractivity contribution in [3.05, 3.63) is 35.4 Å². The minimum Gasteiger partial charge on any atom is -0.496 e. The third-order valence-electron chi connectivity index (χ3n) is 8.84. The first kappa shape index (κ1) is 28.1. The van der Waals surface area contributed by atoms with Gasteiger partial charge in [0, 0.05) is 12.1 Å². The lowest BCUT2D eigenvalue weighted by molar-refractivity contribution is -0.286. The number of halogens is 2. The summed E-state index contributed by atoms with van der Waals surface area (Å²) < 4.78 is 49.0. The molecule has 4 aliphatic rings. The minimum absolute atomic E-state index is 0.0110. The summed E-state index contributed by atoms with van der Waals surface area (Å²) in [6, 6.07) is 6.26. The minimum atomic E-state index is -3.89. The summed E-state index contributed by atoms with van der Waals surface area (Å²) in [4.78, 5) is 34.5. The van der Waals surface area contributed by atoms with E-state index in [4.69, 9.17) is 14.5 Å². The number of carbonyl (C=O) groups is 2. The number of ether oxygens (including phenoxy) is 4. The van der Waals surface area contributed by atoms with E-state index in [0.717, 1.165) is 37.2 Å². The summed E-state index contributed by atoms with van der Waals surface area (Å²) in [5.41, 5.74) is 1.05. The van der Waals surface area contributed by atoms with Crippen LogP contribution in [0.15, 0.2) is 24.3 Å². The standard InChI is InChI=1S/C30H32F2N4O6S/c1-29(2)8-6-15(7-9-29)33-26(37)18-11-22-23(42-30(31,32)41-22)12-20(18)34-27(38)24-21(39-3)5-4-19-25(24)43-28(35-19)36-16-10-17(36)14-40-13-16/h4-5,11-12,15-17H,6-10,13-14H2,1-3H3,(H,33,37)(H,34,38). The second-order valence-electron chi connectivity index (χ2n) is 12.4. The van der Waals surface area contributed by atoms with Gasteiger partial charge in [0.15, 0.2) is 16.6 Å². The largest absolute Gasteiger partial charge is 0.586 e. The van der Waals surface area contributed by atoms with E-state index in [2.05, 4.69) is 38.9 Å². The first-order valence-electron chi connectivity index (χ1n) is 14.4. The van der Waals surface area contributed by atoms with Gasteiger partial charge in [0.2, 0.25) is 0 Å². The Bertz CT molecular complexity index is 1600. The Kier molecular flexibility index (Phi) is 6.65. The van der Waals surface area contributed by atoms with Crippen LogP contribution >= 0.6 is 11.3 Å². The van der Waals surface area contributed by atoms with Gasteiger partial charge in [-0.3, -0.25) is 9.59 Å². The van der Waals surface area contributed by atoms with Crippen LogP contribution in [0.2, 0.25) is 0 Å². The number of methoxy groups -OCH3 is 1. The van der Waals surface area contributed by atoms with Gasteiger partial charge in [-0.15, -0.1) is 8.78 Å². The zero-order chi connectivity index (χ0) is 30.1. The molecular formula is C30H32F2N4O6S. The van der Waals surface area contributed by atoms with Crippen LogP contribution in [0.25, 0.3) is 10.2 Å². The zero-order valence-electron chi connectivity index (χ0n) is 24.0. The molecule has 7 rings (SSSR count).